The van der Waals surface area contributed by atoms with Crippen LogP contribution in [-0.4, -0.2) is 15.3 Å². The maximum atomic E-state index is 12.2. The molecule has 5 heteroatoms. The lowest BCUT2D eigenvalue weighted by atomic mass is 10.1. The number of hydrogen-bond donors (Lipinski definition) is 1. The maximum Gasteiger partial charge on any atom is 0.307 e. The van der Waals surface area contributed by atoms with Crippen molar-refractivity contribution in [2.24, 2.45) is 0 Å². The van der Waals surface area contributed by atoms with Crippen LogP contribution in [0, 0.1) is 0 Å². The Bertz CT molecular complexity index is 653. The van der Waals surface area contributed by atoms with E-state index in [0.717, 1.165) is 16.7 Å². The predicted octanol–water partition coefficient (Wildman–Crippen LogP) is 3.42. The molecule has 0 aliphatic carbocycles. The van der Waals surface area contributed by atoms with E-state index < -0.39 is 16.8 Å². The van der Waals surface area contributed by atoms with Crippen LogP contribution in [0.3, 0.4) is 0 Å². The smallest absolute Gasteiger partial charge is 0.307 e. The molecule has 2 rings (SSSR count). The zero-order valence-corrected chi connectivity index (χ0v) is 12.9. The summed E-state index contributed by atoms with van der Waals surface area (Å²) in [4.78, 5) is 10.8. The Morgan fingerprint density at radius 2 is 1.62 bits per heavy atom. The summed E-state index contributed by atoms with van der Waals surface area (Å²) in [5, 5.41) is 9.55. The first-order valence-electron chi connectivity index (χ1n) is 6.42. The largest absolute Gasteiger partial charge is 0.481 e. The Labute approximate surface area is 131 Å². The number of rotatable bonds is 6. The van der Waals surface area contributed by atoms with Gasteiger partial charge in [-0.1, -0.05) is 48.0 Å². The number of carbonyl (C=O) groups is 1. The highest BCUT2D eigenvalue weighted by molar-refractivity contribution is 7.83. The van der Waals surface area contributed by atoms with Crippen LogP contribution >= 0.6 is 11.6 Å². The molecule has 0 aromatic heterocycles. The summed E-state index contributed by atoms with van der Waals surface area (Å²) in [5.41, 5.74) is 2.50. The molecule has 21 heavy (non-hydrogen) atoms. The second-order valence-electron chi connectivity index (χ2n) is 4.69. The molecule has 1 N–H and O–H groups in total. The molecule has 0 heterocycles. The second-order valence-corrected chi connectivity index (χ2v) is 6.59. The van der Waals surface area contributed by atoms with Crippen molar-refractivity contribution in [1.82, 2.24) is 0 Å². The summed E-state index contributed by atoms with van der Waals surface area (Å²) < 4.78 is 12.2. The van der Waals surface area contributed by atoms with Crippen molar-refractivity contribution in [1.29, 1.82) is 0 Å². The quantitative estimate of drug-likeness (QED) is 0.886. The van der Waals surface area contributed by atoms with Gasteiger partial charge in [-0.25, -0.2) is 0 Å². The fourth-order valence-electron chi connectivity index (χ4n) is 2.02. The fraction of sp³-hybridized carbons (Fsp3) is 0.188. The molecule has 0 radical (unpaired) electrons. The van der Waals surface area contributed by atoms with E-state index in [0.29, 0.717) is 16.5 Å². The zero-order chi connectivity index (χ0) is 15.2. The van der Waals surface area contributed by atoms with Gasteiger partial charge in [0.2, 0.25) is 0 Å². The van der Waals surface area contributed by atoms with Gasteiger partial charge in [-0.3, -0.25) is 9.00 Å². The van der Waals surface area contributed by atoms with Crippen molar-refractivity contribution in [3.63, 3.8) is 0 Å². The highest BCUT2D eigenvalue weighted by Gasteiger charge is 2.10. The van der Waals surface area contributed by atoms with Crippen LogP contribution in [0.5, 0.6) is 0 Å². The van der Waals surface area contributed by atoms with Gasteiger partial charge in [-0.2, -0.15) is 0 Å². The zero-order valence-electron chi connectivity index (χ0n) is 11.3. The molecule has 1 unspecified atom stereocenters. The van der Waals surface area contributed by atoms with Gasteiger partial charge in [-0.05, 0) is 28.8 Å². The first-order chi connectivity index (χ1) is 10.0. The van der Waals surface area contributed by atoms with Crippen molar-refractivity contribution in [3.8, 4) is 0 Å². The minimum Gasteiger partial charge on any atom is -0.481 e. The first-order valence-corrected chi connectivity index (χ1v) is 8.29. The molecule has 0 fully saturated rings. The minimum atomic E-state index is -1.09. The van der Waals surface area contributed by atoms with Crippen LogP contribution in [0.25, 0.3) is 0 Å². The monoisotopic (exact) mass is 322 g/mol. The molecule has 2 aromatic carbocycles. The number of benzene rings is 2. The first kappa shape index (κ1) is 15.7. The molecule has 0 aliphatic heterocycles. The molecule has 0 amide bonds. The number of carboxylic acid groups (broad SMARTS) is 1. The lowest BCUT2D eigenvalue weighted by molar-refractivity contribution is -0.136. The minimum absolute atomic E-state index is 0.0473. The molecule has 0 saturated heterocycles. The van der Waals surface area contributed by atoms with E-state index in [-0.39, 0.29) is 6.42 Å². The van der Waals surface area contributed by atoms with E-state index in [4.69, 9.17) is 16.7 Å². The summed E-state index contributed by atoms with van der Waals surface area (Å²) in [5.74, 6) is -0.101. The van der Waals surface area contributed by atoms with Crippen LogP contribution in [-0.2, 0) is 33.5 Å². The molecule has 0 spiro atoms. The maximum absolute atomic E-state index is 12.2. The van der Waals surface area contributed by atoms with E-state index in [1.165, 1.54) is 0 Å². The van der Waals surface area contributed by atoms with Gasteiger partial charge in [0.1, 0.15) is 0 Å². The van der Waals surface area contributed by atoms with Crippen molar-refractivity contribution in [3.05, 3.63) is 70.2 Å². The van der Waals surface area contributed by atoms with E-state index in [2.05, 4.69) is 0 Å². The Morgan fingerprint density at radius 1 is 1.00 bits per heavy atom. The molecule has 3 nitrogen and oxygen atoms in total. The Balaban J connectivity index is 2.05. The van der Waals surface area contributed by atoms with Crippen molar-refractivity contribution in [2.45, 2.75) is 17.9 Å². The molecule has 2 aromatic rings. The van der Waals surface area contributed by atoms with Crippen LogP contribution < -0.4 is 0 Å². The number of carboxylic acids is 1. The van der Waals surface area contributed by atoms with Crippen molar-refractivity contribution in [2.75, 3.05) is 0 Å². The van der Waals surface area contributed by atoms with E-state index in [9.17, 15) is 9.00 Å². The molecule has 0 bridgehead atoms. The van der Waals surface area contributed by atoms with Gasteiger partial charge in [0.05, 0.1) is 6.42 Å². The van der Waals surface area contributed by atoms with E-state index in [1.807, 2.05) is 24.3 Å². The molecule has 110 valence electrons. The van der Waals surface area contributed by atoms with Crippen LogP contribution in [0.4, 0.5) is 0 Å². The Hall–Kier alpha value is -1.65. The molecular formula is C16H15ClO3S. The Kier molecular flexibility index (Phi) is 5.53. The summed E-state index contributed by atoms with van der Waals surface area (Å²) in [6.07, 6.45) is -0.0473. The number of hydrogen-bond acceptors (Lipinski definition) is 2. The van der Waals surface area contributed by atoms with Crippen LogP contribution in [0.1, 0.15) is 16.7 Å². The van der Waals surface area contributed by atoms with Gasteiger partial charge >= 0.3 is 5.97 Å². The number of aliphatic carboxylic acids is 1. The summed E-state index contributed by atoms with van der Waals surface area (Å²) in [6.45, 7) is 0. The van der Waals surface area contributed by atoms with Gasteiger partial charge < -0.3 is 5.11 Å². The molecule has 0 saturated carbocycles. The predicted molar refractivity (Wildman–Crippen MR) is 84.8 cm³/mol. The third kappa shape index (κ3) is 4.99. The normalized spacial score (nSPS) is 12.0. The fourth-order valence-corrected chi connectivity index (χ4v) is 3.45. The average Bonchev–Trinajstić information content (AvgIpc) is 2.43. The lowest BCUT2D eigenvalue weighted by Gasteiger charge is -2.08. The number of halogens is 1. The van der Waals surface area contributed by atoms with Gasteiger partial charge in [0.15, 0.2) is 0 Å². The summed E-state index contributed by atoms with van der Waals surface area (Å²) in [7, 11) is -1.09. The third-order valence-electron chi connectivity index (χ3n) is 3.02. The lowest BCUT2D eigenvalue weighted by Crippen LogP contribution is -2.06. The van der Waals surface area contributed by atoms with E-state index >= 15 is 0 Å². The SMILES string of the molecule is O=C(O)Cc1ccccc1CS(=O)Cc1ccc(Cl)cc1. The molecule has 0 aliphatic rings. The van der Waals surface area contributed by atoms with Crippen LogP contribution in [0.2, 0.25) is 5.02 Å². The van der Waals surface area contributed by atoms with Gasteiger partial charge in [0.25, 0.3) is 0 Å². The second kappa shape index (κ2) is 7.38. The van der Waals surface area contributed by atoms with E-state index in [1.54, 1.807) is 24.3 Å². The van der Waals surface area contributed by atoms with Crippen LogP contribution in [0.15, 0.2) is 48.5 Å². The average molecular weight is 323 g/mol. The van der Waals surface area contributed by atoms with Crippen molar-refractivity contribution >= 4 is 28.4 Å². The molecular weight excluding hydrogens is 308 g/mol. The molecule has 1 atom stereocenters. The third-order valence-corrected chi connectivity index (χ3v) is 4.56. The summed E-state index contributed by atoms with van der Waals surface area (Å²) in [6, 6.07) is 14.5. The van der Waals surface area contributed by atoms with Gasteiger partial charge in [-0.15, -0.1) is 0 Å². The summed E-state index contributed by atoms with van der Waals surface area (Å²) >= 11 is 5.82. The Morgan fingerprint density at radius 3 is 2.24 bits per heavy atom. The highest BCUT2D eigenvalue weighted by atomic mass is 35.5. The topological polar surface area (TPSA) is 54.4 Å². The highest BCUT2D eigenvalue weighted by Crippen LogP contribution is 2.16. The standard InChI is InChI=1S/C16H15ClO3S/c17-15-7-5-12(6-8-15)10-21(20)11-14-4-2-1-3-13(14)9-16(18)19/h1-8H,9-11H2,(H,18,19). The van der Waals surface area contributed by atoms with Gasteiger partial charge in [0, 0.05) is 27.3 Å². The van der Waals surface area contributed by atoms with Crippen molar-refractivity contribution < 1.29 is 14.1 Å².